The summed E-state index contributed by atoms with van der Waals surface area (Å²) >= 11 is 0. The molecular formula is C10H12N2O4. The summed E-state index contributed by atoms with van der Waals surface area (Å²) in [4.78, 5) is 23.0. The maximum Gasteiger partial charge on any atom is 0.331 e. The molecule has 0 bridgehead atoms. The number of rotatable bonds is 2. The highest BCUT2D eigenvalue weighted by molar-refractivity contribution is 5.76. The molecule has 2 rings (SSSR count). The molecule has 86 valence electrons. The molecule has 0 saturated carbocycles. The van der Waals surface area contributed by atoms with Crippen LogP contribution in [0.25, 0.3) is 0 Å². The van der Waals surface area contributed by atoms with Crippen LogP contribution in [-0.2, 0) is 15.1 Å². The first-order valence-corrected chi connectivity index (χ1v) is 5.03. The Morgan fingerprint density at radius 3 is 2.75 bits per heavy atom. The smallest absolute Gasteiger partial charge is 0.331 e. The molecule has 6 heteroatoms. The van der Waals surface area contributed by atoms with E-state index >= 15 is 0 Å². The second kappa shape index (κ2) is 4.05. The molecule has 0 radical (unpaired) electrons. The van der Waals surface area contributed by atoms with E-state index in [1.54, 1.807) is 0 Å². The van der Waals surface area contributed by atoms with Gasteiger partial charge < -0.3 is 9.84 Å². The second-order valence-electron chi connectivity index (χ2n) is 3.72. The van der Waals surface area contributed by atoms with Crippen molar-refractivity contribution in [1.82, 2.24) is 9.78 Å². The lowest BCUT2D eigenvalue weighted by Gasteiger charge is -2.33. The van der Waals surface area contributed by atoms with E-state index in [4.69, 9.17) is 4.74 Å². The Bertz CT molecular complexity index is 448. The molecule has 1 aliphatic heterocycles. The Labute approximate surface area is 91.5 Å². The molecule has 1 aromatic rings. The topological polar surface area (TPSA) is 81.4 Å². The molecule has 6 nitrogen and oxygen atoms in total. The molecule has 1 fully saturated rings. The number of aromatic nitrogens is 2. The SMILES string of the molecule is O=C(O)C1(n2ncccc2=O)CCOCC1. The first kappa shape index (κ1) is 10.8. The maximum absolute atomic E-state index is 11.6. The Morgan fingerprint density at radius 2 is 2.19 bits per heavy atom. The van der Waals surface area contributed by atoms with Crippen molar-refractivity contribution in [3.63, 3.8) is 0 Å². The van der Waals surface area contributed by atoms with Gasteiger partial charge in [-0.25, -0.2) is 9.48 Å². The maximum atomic E-state index is 11.6. The van der Waals surface area contributed by atoms with E-state index in [1.807, 2.05) is 0 Å². The lowest BCUT2D eigenvalue weighted by Crippen LogP contribution is -2.51. The van der Waals surface area contributed by atoms with Crippen LogP contribution in [0.2, 0.25) is 0 Å². The van der Waals surface area contributed by atoms with E-state index in [0.29, 0.717) is 13.2 Å². The van der Waals surface area contributed by atoms with E-state index in [9.17, 15) is 14.7 Å². The number of hydrogen-bond donors (Lipinski definition) is 1. The van der Waals surface area contributed by atoms with Crippen molar-refractivity contribution in [2.24, 2.45) is 0 Å². The summed E-state index contributed by atoms with van der Waals surface area (Å²) in [6, 6.07) is 2.81. The molecule has 1 aliphatic rings. The zero-order valence-corrected chi connectivity index (χ0v) is 8.63. The van der Waals surface area contributed by atoms with Crippen LogP contribution in [0, 0.1) is 0 Å². The summed E-state index contributed by atoms with van der Waals surface area (Å²) in [5.41, 5.74) is -1.65. The van der Waals surface area contributed by atoms with Gasteiger partial charge in [0.15, 0.2) is 5.54 Å². The minimum absolute atomic E-state index is 0.263. The fourth-order valence-electron chi connectivity index (χ4n) is 1.90. The van der Waals surface area contributed by atoms with Crippen molar-refractivity contribution in [3.8, 4) is 0 Å². The highest BCUT2D eigenvalue weighted by Gasteiger charge is 2.43. The van der Waals surface area contributed by atoms with Crippen LogP contribution in [0.5, 0.6) is 0 Å². The molecule has 1 N–H and O–H groups in total. The monoisotopic (exact) mass is 224 g/mol. The highest BCUT2D eigenvalue weighted by atomic mass is 16.5. The zero-order valence-electron chi connectivity index (χ0n) is 8.63. The van der Waals surface area contributed by atoms with Crippen LogP contribution < -0.4 is 5.56 Å². The molecule has 0 unspecified atom stereocenters. The summed E-state index contributed by atoms with van der Waals surface area (Å²) in [6.45, 7) is 0.657. The molecular weight excluding hydrogens is 212 g/mol. The molecule has 0 spiro atoms. The second-order valence-corrected chi connectivity index (χ2v) is 3.72. The summed E-state index contributed by atoms with van der Waals surface area (Å²) < 4.78 is 6.18. The van der Waals surface area contributed by atoms with Crippen molar-refractivity contribution < 1.29 is 14.6 Å². The molecule has 1 aromatic heterocycles. The van der Waals surface area contributed by atoms with Gasteiger partial charge >= 0.3 is 5.97 Å². The first-order chi connectivity index (χ1) is 7.67. The largest absolute Gasteiger partial charge is 0.479 e. The van der Waals surface area contributed by atoms with Crippen molar-refractivity contribution in [3.05, 3.63) is 28.7 Å². The van der Waals surface area contributed by atoms with E-state index in [0.717, 1.165) is 4.68 Å². The molecule has 1 saturated heterocycles. The Hall–Kier alpha value is -1.69. The third kappa shape index (κ3) is 1.61. The number of ether oxygens (including phenoxy) is 1. The Balaban J connectivity index is 2.51. The molecule has 0 aliphatic carbocycles. The van der Waals surface area contributed by atoms with Gasteiger partial charge in [-0.1, -0.05) is 0 Å². The summed E-state index contributed by atoms with van der Waals surface area (Å²) in [7, 11) is 0. The standard InChI is InChI=1S/C10H12N2O4/c13-8-2-1-5-11-12(8)10(9(14)15)3-6-16-7-4-10/h1-2,5H,3-4,6-7H2,(H,14,15). The van der Waals surface area contributed by atoms with Crippen molar-refractivity contribution in [2.75, 3.05) is 13.2 Å². The third-order valence-electron chi connectivity index (χ3n) is 2.84. The predicted molar refractivity (Wildman–Crippen MR) is 54.2 cm³/mol. The normalized spacial score (nSPS) is 19.2. The molecule has 2 heterocycles. The zero-order chi connectivity index (χ0) is 11.6. The van der Waals surface area contributed by atoms with Crippen LogP contribution >= 0.6 is 0 Å². The third-order valence-corrected chi connectivity index (χ3v) is 2.84. The summed E-state index contributed by atoms with van der Waals surface area (Å²) in [5.74, 6) is -1.03. The summed E-state index contributed by atoms with van der Waals surface area (Å²) in [5, 5.41) is 13.2. The van der Waals surface area contributed by atoms with Crippen molar-refractivity contribution >= 4 is 5.97 Å². The molecule has 0 aromatic carbocycles. The minimum atomic E-state index is -1.25. The van der Waals surface area contributed by atoms with Gasteiger partial charge in [0, 0.05) is 38.3 Å². The minimum Gasteiger partial charge on any atom is -0.479 e. The number of nitrogens with zero attached hydrogens (tertiary/aromatic N) is 2. The van der Waals surface area contributed by atoms with E-state index in [-0.39, 0.29) is 12.8 Å². The van der Waals surface area contributed by atoms with Crippen molar-refractivity contribution in [2.45, 2.75) is 18.4 Å². The molecule has 0 amide bonds. The summed E-state index contributed by atoms with van der Waals surface area (Å²) in [6.07, 6.45) is 1.94. The van der Waals surface area contributed by atoms with Crippen LogP contribution in [0.15, 0.2) is 23.1 Å². The fraction of sp³-hybridized carbons (Fsp3) is 0.500. The van der Waals surface area contributed by atoms with Gasteiger partial charge in [-0.05, 0) is 6.07 Å². The van der Waals surface area contributed by atoms with E-state index in [2.05, 4.69) is 5.10 Å². The highest BCUT2D eigenvalue weighted by Crippen LogP contribution is 2.27. The molecule has 0 atom stereocenters. The quantitative estimate of drug-likeness (QED) is 0.754. The first-order valence-electron chi connectivity index (χ1n) is 5.03. The lowest BCUT2D eigenvalue weighted by atomic mass is 9.90. The van der Waals surface area contributed by atoms with Crippen LogP contribution in [0.4, 0.5) is 0 Å². The predicted octanol–water partition coefficient (Wildman–Crippen LogP) is -0.166. The van der Waals surface area contributed by atoms with Crippen LogP contribution in [-0.4, -0.2) is 34.1 Å². The lowest BCUT2D eigenvalue weighted by molar-refractivity contribution is -0.154. The van der Waals surface area contributed by atoms with Gasteiger partial charge in [-0.3, -0.25) is 4.79 Å². The van der Waals surface area contributed by atoms with Gasteiger partial charge in [0.25, 0.3) is 5.56 Å². The number of carbonyl (C=O) groups is 1. The number of carboxylic acids is 1. The Morgan fingerprint density at radius 1 is 1.50 bits per heavy atom. The average molecular weight is 224 g/mol. The van der Waals surface area contributed by atoms with Gasteiger partial charge in [-0.15, -0.1) is 0 Å². The van der Waals surface area contributed by atoms with Gasteiger partial charge in [0.05, 0.1) is 0 Å². The number of aliphatic carboxylic acids is 1. The van der Waals surface area contributed by atoms with Crippen LogP contribution in [0.3, 0.4) is 0 Å². The van der Waals surface area contributed by atoms with Crippen molar-refractivity contribution in [1.29, 1.82) is 0 Å². The average Bonchev–Trinajstić information content (AvgIpc) is 2.30. The van der Waals surface area contributed by atoms with Gasteiger partial charge in [-0.2, -0.15) is 5.10 Å². The number of carboxylic acid groups (broad SMARTS) is 1. The fourth-order valence-corrected chi connectivity index (χ4v) is 1.90. The van der Waals surface area contributed by atoms with Gasteiger partial charge in [0.2, 0.25) is 0 Å². The van der Waals surface area contributed by atoms with E-state index < -0.39 is 17.1 Å². The van der Waals surface area contributed by atoms with Gasteiger partial charge in [0.1, 0.15) is 0 Å². The van der Waals surface area contributed by atoms with Crippen LogP contribution in [0.1, 0.15) is 12.8 Å². The Kier molecular flexibility index (Phi) is 2.74. The number of hydrogen-bond acceptors (Lipinski definition) is 4. The molecule has 16 heavy (non-hydrogen) atoms. The van der Waals surface area contributed by atoms with E-state index in [1.165, 1.54) is 18.3 Å².